The first-order chi connectivity index (χ1) is 10.6. The van der Waals surface area contributed by atoms with E-state index in [1.54, 1.807) is 0 Å². The van der Waals surface area contributed by atoms with Crippen LogP contribution in [0.25, 0.3) is 0 Å². The van der Waals surface area contributed by atoms with Crippen LogP contribution in [0.15, 0.2) is 4.99 Å². The fraction of sp³-hybridized carbons (Fsp3) is 0.938. The van der Waals surface area contributed by atoms with Crippen LogP contribution in [0, 0.1) is 5.92 Å². The number of nitrogens with one attached hydrogen (secondary N) is 2. The predicted octanol–water partition coefficient (Wildman–Crippen LogP) is 1.51. The molecule has 0 spiro atoms. The third-order valence-electron chi connectivity index (χ3n) is 4.98. The van der Waals surface area contributed by atoms with E-state index in [4.69, 9.17) is 0 Å². The van der Waals surface area contributed by atoms with E-state index in [1.807, 2.05) is 11.8 Å². The Bertz CT molecular complexity index is 413. The largest absolute Gasteiger partial charge is 0.387 e. The first-order valence-electron chi connectivity index (χ1n) is 8.69. The Hall–Kier alpha value is 0.270. The Morgan fingerprint density at radius 3 is 2.78 bits per heavy atom. The minimum atomic E-state index is -0.603. The number of aliphatic imine (C=N–C) groups is 1. The number of aliphatic hydroxyl groups is 1. The van der Waals surface area contributed by atoms with Crippen molar-refractivity contribution in [3.8, 4) is 0 Å². The van der Waals surface area contributed by atoms with Gasteiger partial charge in [0.05, 0.1) is 12.1 Å². The van der Waals surface area contributed by atoms with Gasteiger partial charge >= 0.3 is 0 Å². The Morgan fingerprint density at radius 1 is 1.39 bits per heavy atom. The molecule has 0 aromatic carbocycles. The molecule has 3 atom stereocenters. The van der Waals surface area contributed by atoms with Crippen molar-refractivity contribution < 1.29 is 5.11 Å². The van der Waals surface area contributed by atoms with Crippen LogP contribution in [0.3, 0.4) is 0 Å². The molecule has 3 fully saturated rings. The Morgan fingerprint density at radius 2 is 2.17 bits per heavy atom. The summed E-state index contributed by atoms with van der Waals surface area (Å²) >= 11 is 1.82. The summed E-state index contributed by atoms with van der Waals surface area (Å²) in [4.78, 5) is 7.28. The van der Waals surface area contributed by atoms with Gasteiger partial charge in [-0.3, -0.25) is 9.89 Å². The summed E-state index contributed by atoms with van der Waals surface area (Å²) in [6, 6.07) is 1.30. The van der Waals surface area contributed by atoms with E-state index in [-0.39, 0.29) is 24.0 Å². The molecule has 3 aliphatic rings. The van der Waals surface area contributed by atoms with Crippen molar-refractivity contribution in [3.05, 3.63) is 0 Å². The van der Waals surface area contributed by atoms with Gasteiger partial charge in [-0.2, -0.15) is 11.8 Å². The second-order valence-corrected chi connectivity index (χ2v) is 8.24. The van der Waals surface area contributed by atoms with Gasteiger partial charge < -0.3 is 15.7 Å². The Balaban J connectivity index is 0.00000192. The molecular weight excluding hydrogens is 423 g/mol. The second kappa shape index (κ2) is 8.58. The first-order valence-corrected chi connectivity index (χ1v) is 9.84. The number of nitrogens with zero attached hydrogens (tertiary/aromatic N) is 2. The molecule has 5 nitrogen and oxygen atoms in total. The van der Waals surface area contributed by atoms with Crippen LogP contribution in [0.1, 0.15) is 33.1 Å². The zero-order chi connectivity index (χ0) is 15.6. The standard InChI is InChI=1S/C16H30N4OS.HI/c1-3-17-15(18-10-16(21)6-7-22-11-16)19-14-9-20(8-12(14)2)13-4-5-13;/h12-14,21H,3-11H2,1-2H3,(H2,17,18,19);1H. The summed E-state index contributed by atoms with van der Waals surface area (Å²) in [6.45, 7) is 8.09. The van der Waals surface area contributed by atoms with Crippen LogP contribution in [0.4, 0.5) is 0 Å². The third-order valence-corrected chi connectivity index (χ3v) is 6.22. The highest BCUT2D eigenvalue weighted by molar-refractivity contribution is 14.0. The summed E-state index contributed by atoms with van der Waals surface area (Å²) in [5.74, 6) is 3.37. The molecular formula is C16H31IN4OS. The van der Waals surface area contributed by atoms with Crippen molar-refractivity contribution in [2.75, 3.05) is 37.7 Å². The van der Waals surface area contributed by atoms with E-state index in [9.17, 15) is 5.11 Å². The van der Waals surface area contributed by atoms with Gasteiger partial charge in [0.2, 0.25) is 0 Å². The van der Waals surface area contributed by atoms with Gasteiger partial charge in [-0.15, -0.1) is 24.0 Å². The molecule has 0 aromatic rings. The smallest absolute Gasteiger partial charge is 0.191 e. The fourth-order valence-corrected chi connectivity index (χ4v) is 4.66. The molecule has 23 heavy (non-hydrogen) atoms. The van der Waals surface area contributed by atoms with Gasteiger partial charge in [0.25, 0.3) is 0 Å². The number of likely N-dealkylation sites (tertiary alicyclic amines) is 1. The van der Waals surface area contributed by atoms with Gasteiger partial charge in [-0.25, -0.2) is 0 Å². The van der Waals surface area contributed by atoms with Crippen LogP contribution >= 0.6 is 35.7 Å². The number of halogens is 1. The van der Waals surface area contributed by atoms with Crippen molar-refractivity contribution in [2.45, 2.75) is 50.8 Å². The lowest BCUT2D eigenvalue weighted by molar-refractivity contribution is 0.0778. The summed E-state index contributed by atoms with van der Waals surface area (Å²) < 4.78 is 0. The maximum atomic E-state index is 10.5. The van der Waals surface area contributed by atoms with Crippen molar-refractivity contribution in [3.63, 3.8) is 0 Å². The number of rotatable bonds is 5. The van der Waals surface area contributed by atoms with E-state index < -0.39 is 5.60 Å². The minimum absolute atomic E-state index is 0. The molecule has 2 aliphatic heterocycles. The van der Waals surface area contributed by atoms with E-state index in [0.717, 1.165) is 43.0 Å². The molecule has 3 rings (SSSR count). The third kappa shape index (κ3) is 5.37. The average Bonchev–Trinajstić information content (AvgIpc) is 3.16. The van der Waals surface area contributed by atoms with Gasteiger partial charge in [-0.1, -0.05) is 6.92 Å². The summed E-state index contributed by atoms with van der Waals surface area (Å²) in [5, 5.41) is 17.4. The molecule has 0 bridgehead atoms. The topological polar surface area (TPSA) is 59.9 Å². The van der Waals surface area contributed by atoms with Crippen LogP contribution in [-0.2, 0) is 0 Å². The van der Waals surface area contributed by atoms with Gasteiger partial charge in [0.1, 0.15) is 0 Å². The summed E-state index contributed by atoms with van der Waals surface area (Å²) in [7, 11) is 0. The molecule has 2 heterocycles. The Kier molecular flexibility index (Phi) is 7.31. The van der Waals surface area contributed by atoms with Crippen LogP contribution in [0.2, 0.25) is 0 Å². The van der Waals surface area contributed by atoms with Gasteiger partial charge in [-0.05, 0) is 37.9 Å². The molecule has 134 valence electrons. The zero-order valence-electron chi connectivity index (χ0n) is 14.3. The quantitative estimate of drug-likeness (QED) is 0.334. The highest BCUT2D eigenvalue weighted by Crippen LogP contribution is 2.32. The van der Waals surface area contributed by atoms with Crippen molar-refractivity contribution in [1.82, 2.24) is 15.5 Å². The predicted molar refractivity (Wildman–Crippen MR) is 109 cm³/mol. The summed E-state index contributed by atoms with van der Waals surface area (Å²) in [5.41, 5.74) is -0.603. The average molecular weight is 454 g/mol. The molecule has 0 radical (unpaired) electrons. The minimum Gasteiger partial charge on any atom is -0.387 e. The molecule has 0 amide bonds. The Labute approximate surface area is 161 Å². The normalized spacial score (nSPS) is 35.2. The highest BCUT2D eigenvalue weighted by atomic mass is 127. The number of hydrogen-bond donors (Lipinski definition) is 3. The highest BCUT2D eigenvalue weighted by Gasteiger charge is 2.38. The van der Waals surface area contributed by atoms with E-state index in [2.05, 4.69) is 34.4 Å². The lowest BCUT2D eigenvalue weighted by Gasteiger charge is -2.23. The van der Waals surface area contributed by atoms with Crippen molar-refractivity contribution >= 4 is 41.7 Å². The van der Waals surface area contributed by atoms with Crippen LogP contribution in [-0.4, -0.2) is 71.3 Å². The molecule has 2 saturated heterocycles. The molecule has 7 heteroatoms. The van der Waals surface area contributed by atoms with Gasteiger partial charge in [0, 0.05) is 37.5 Å². The lowest BCUT2D eigenvalue weighted by Crippen LogP contribution is -2.47. The lowest BCUT2D eigenvalue weighted by atomic mass is 10.0. The zero-order valence-corrected chi connectivity index (χ0v) is 17.4. The van der Waals surface area contributed by atoms with Crippen molar-refractivity contribution in [1.29, 1.82) is 0 Å². The molecule has 1 saturated carbocycles. The first kappa shape index (κ1) is 19.6. The molecule has 3 unspecified atom stereocenters. The molecule has 0 aromatic heterocycles. The monoisotopic (exact) mass is 454 g/mol. The number of guanidine groups is 1. The van der Waals surface area contributed by atoms with Gasteiger partial charge in [0.15, 0.2) is 5.96 Å². The molecule has 1 aliphatic carbocycles. The summed E-state index contributed by atoms with van der Waals surface area (Å²) in [6.07, 6.45) is 3.60. The van der Waals surface area contributed by atoms with E-state index >= 15 is 0 Å². The van der Waals surface area contributed by atoms with Crippen molar-refractivity contribution in [2.24, 2.45) is 10.9 Å². The van der Waals surface area contributed by atoms with Crippen LogP contribution < -0.4 is 10.6 Å². The SMILES string of the molecule is CCNC(=NCC1(O)CCSC1)NC1CN(C2CC2)CC1C.I. The second-order valence-electron chi connectivity index (χ2n) is 7.14. The number of hydrogen-bond acceptors (Lipinski definition) is 4. The fourth-order valence-electron chi connectivity index (χ4n) is 3.37. The molecule has 3 N–H and O–H groups in total. The maximum absolute atomic E-state index is 10.5. The van der Waals surface area contributed by atoms with E-state index in [1.165, 1.54) is 19.4 Å². The number of thioether (sulfide) groups is 1. The van der Waals surface area contributed by atoms with E-state index in [0.29, 0.717) is 18.5 Å². The van der Waals surface area contributed by atoms with Crippen LogP contribution in [0.5, 0.6) is 0 Å². The maximum Gasteiger partial charge on any atom is 0.191 e.